The number of aryl methyl sites for hydroxylation is 1. The van der Waals surface area contributed by atoms with E-state index in [1.807, 2.05) is 24.9 Å². The van der Waals surface area contributed by atoms with E-state index in [2.05, 4.69) is 27.0 Å². The van der Waals surface area contributed by atoms with Gasteiger partial charge in [0.25, 0.3) is 5.91 Å². The van der Waals surface area contributed by atoms with Crippen LogP contribution < -0.4 is 5.32 Å². The van der Waals surface area contributed by atoms with Crippen molar-refractivity contribution in [3.8, 4) is 11.8 Å². The van der Waals surface area contributed by atoms with Gasteiger partial charge in [-0.2, -0.15) is 13.2 Å². The standard InChI is InChI=1S/C28H27F3N4O/c1-20-6-7-22(17-21(20)8-10-24-5-3-4-12-32-24)27(36)33-25-11-9-23(26(18-25)28(29,30)31)19-35-15-13-34(2)14-16-35/h3-7,9,11-12,17-18H,13-16,19H2,1-2H3,(H,33,36). The molecular weight excluding hydrogens is 465 g/mol. The molecule has 1 amide bonds. The van der Waals surface area contributed by atoms with E-state index in [1.165, 1.54) is 12.1 Å². The lowest BCUT2D eigenvalue weighted by Gasteiger charge is -2.33. The van der Waals surface area contributed by atoms with E-state index in [9.17, 15) is 18.0 Å². The van der Waals surface area contributed by atoms with E-state index in [4.69, 9.17) is 0 Å². The summed E-state index contributed by atoms with van der Waals surface area (Å²) in [5.41, 5.74) is 1.99. The maximum absolute atomic E-state index is 13.9. The highest BCUT2D eigenvalue weighted by atomic mass is 19.4. The van der Waals surface area contributed by atoms with Gasteiger partial charge in [0, 0.05) is 55.7 Å². The normalized spacial score (nSPS) is 14.7. The molecule has 0 saturated carbocycles. The predicted octanol–water partition coefficient (Wildman–Crippen LogP) is 4.81. The third-order valence-electron chi connectivity index (χ3n) is 6.15. The number of hydrogen-bond acceptors (Lipinski definition) is 4. The molecule has 3 aromatic rings. The first-order valence-corrected chi connectivity index (χ1v) is 11.6. The number of nitrogens with one attached hydrogen (secondary N) is 1. The van der Waals surface area contributed by atoms with Crippen LogP contribution in [-0.4, -0.2) is 53.9 Å². The lowest BCUT2D eigenvalue weighted by atomic mass is 10.0. The van der Waals surface area contributed by atoms with Gasteiger partial charge in [0.2, 0.25) is 0 Å². The Labute approximate surface area is 209 Å². The third-order valence-corrected chi connectivity index (χ3v) is 6.15. The van der Waals surface area contributed by atoms with Gasteiger partial charge in [-0.3, -0.25) is 9.69 Å². The fourth-order valence-corrected chi connectivity index (χ4v) is 3.97. The first kappa shape index (κ1) is 25.4. The van der Waals surface area contributed by atoms with Gasteiger partial charge in [-0.25, -0.2) is 4.98 Å². The molecule has 2 aromatic carbocycles. The zero-order chi connectivity index (χ0) is 25.7. The van der Waals surface area contributed by atoms with Crippen molar-refractivity contribution in [1.82, 2.24) is 14.8 Å². The number of benzene rings is 2. The molecule has 1 aromatic heterocycles. The molecule has 36 heavy (non-hydrogen) atoms. The number of carbonyl (C=O) groups excluding carboxylic acids is 1. The highest BCUT2D eigenvalue weighted by molar-refractivity contribution is 6.04. The number of aromatic nitrogens is 1. The Balaban J connectivity index is 1.52. The number of pyridine rings is 1. The molecule has 1 N–H and O–H groups in total. The fourth-order valence-electron chi connectivity index (χ4n) is 3.97. The van der Waals surface area contributed by atoms with Gasteiger partial charge in [-0.1, -0.05) is 24.1 Å². The van der Waals surface area contributed by atoms with Crippen LogP contribution in [0.1, 0.15) is 38.3 Å². The van der Waals surface area contributed by atoms with E-state index in [0.29, 0.717) is 29.9 Å². The first-order chi connectivity index (χ1) is 17.2. The third kappa shape index (κ3) is 6.51. The summed E-state index contributed by atoms with van der Waals surface area (Å²) >= 11 is 0. The Kier molecular flexibility index (Phi) is 7.73. The molecule has 186 valence electrons. The minimum atomic E-state index is -4.53. The molecule has 1 aliphatic rings. The number of nitrogens with zero attached hydrogens (tertiary/aromatic N) is 3. The Morgan fingerprint density at radius 2 is 1.81 bits per heavy atom. The smallest absolute Gasteiger partial charge is 0.322 e. The van der Waals surface area contributed by atoms with Crippen LogP contribution in [-0.2, 0) is 12.7 Å². The van der Waals surface area contributed by atoms with Crippen LogP contribution >= 0.6 is 0 Å². The summed E-state index contributed by atoms with van der Waals surface area (Å²) in [5.74, 6) is 5.47. The molecule has 0 spiro atoms. The number of hydrogen-bond donors (Lipinski definition) is 1. The van der Waals surface area contributed by atoms with Crippen LogP contribution in [0.4, 0.5) is 18.9 Å². The molecule has 1 saturated heterocycles. The predicted molar refractivity (Wildman–Crippen MR) is 134 cm³/mol. The molecule has 0 radical (unpaired) electrons. The van der Waals surface area contributed by atoms with Crippen molar-refractivity contribution in [1.29, 1.82) is 0 Å². The summed E-state index contributed by atoms with van der Waals surface area (Å²) in [5, 5.41) is 2.61. The Bertz CT molecular complexity index is 1290. The minimum Gasteiger partial charge on any atom is -0.322 e. The van der Waals surface area contributed by atoms with E-state index in [-0.39, 0.29) is 17.8 Å². The molecule has 0 aliphatic carbocycles. The SMILES string of the molecule is Cc1ccc(C(=O)Nc2ccc(CN3CCN(C)CC3)c(C(F)(F)F)c2)cc1C#Cc1ccccn1. The molecule has 0 unspecified atom stereocenters. The van der Waals surface area contributed by atoms with E-state index in [0.717, 1.165) is 24.7 Å². The topological polar surface area (TPSA) is 48.5 Å². The Morgan fingerprint density at radius 1 is 1.03 bits per heavy atom. The van der Waals surface area contributed by atoms with Gasteiger partial charge in [0.1, 0.15) is 5.69 Å². The maximum atomic E-state index is 13.9. The number of carbonyl (C=O) groups is 1. The molecule has 0 atom stereocenters. The van der Waals surface area contributed by atoms with E-state index < -0.39 is 17.6 Å². The number of anilines is 1. The van der Waals surface area contributed by atoms with Crippen molar-refractivity contribution in [2.45, 2.75) is 19.6 Å². The van der Waals surface area contributed by atoms with Gasteiger partial charge in [0.15, 0.2) is 0 Å². The van der Waals surface area contributed by atoms with Crippen LogP contribution in [0, 0.1) is 18.8 Å². The molecular formula is C28H27F3N4O. The molecule has 5 nitrogen and oxygen atoms in total. The molecule has 2 heterocycles. The summed E-state index contributed by atoms with van der Waals surface area (Å²) in [6.45, 7) is 5.16. The summed E-state index contributed by atoms with van der Waals surface area (Å²) in [4.78, 5) is 21.2. The van der Waals surface area contributed by atoms with Crippen molar-refractivity contribution in [3.63, 3.8) is 0 Å². The molecule has 4 rings (SSSR count). The Morgan fingerprint density at radius 3 is 2.50 bits per heavy atom. The van der Waals surface area contributed by atoms with Crippen molar-refractivity contribution in [2.75, 3.05) is 38.5 Å². The van der Waals surface area contributed by atoms with Gasteiger partial charge < -0.3 is 10.2 Å². The van der Waals surface area contributed by atoms with Crippen molar-refractivity contribution in [3.05, 3.63) is 94.3 Å². The fraction of sp³-hybridized carbons (Fsp3) is 0.286. The summed E-state index contributed by atoms with van der Waals surface area (Å²) in [6.07, 6.45) is -2.88. The van der Waals surface area contributed by atoms with Crippen LogP contribution in [0.5, 0.6) is 0 Å². The van der Waals surface area contributed by atoms with Crippen molar-refractivity contribution < 1.29 is 18.0 Å². The number of amides is 1. The lowest BCUT2D eigenvalue weighted by molar-refractivity contribution is -0.138. The number of likely N-dealkylation sites (N-methyl/N-ethyl adjacent to an activating group) is 1. The second-order valence-electron chi connectivity index (χ2n) is 8.90. The zero-order valence-electron chi connectivity index (χ0n) is 20.2. The van der Waals surface area contributed by atoms with Crippen LogP contribution in [0.15, 0.2) is 60.8 Å². The van der Waals surface area contributed by atoms with Gasteiger partial charge >= 0.3 is 6.18 Å². The molecule has 8 heteroatoms. The quantitative estimate of drug-likeness (QED) is 0.532. The van der Waals surface area contributed by atoms with Crippen LogP contribution in [0.3, 0.4) is 0 Å². The molecule has 1 aliphatic heterocycles. The molecule has 0 bridgehead atoms. The lowest BCUT2D eigenvalue weighted by Crippen LogP contribution is -2.44. The van der Waals surface area contributed by atoms with Gasteiger partial charge in [0.05, 0.1) is 5.56 Å². The summed E-state index contributed by atoms with van der Waals surface area (Å²) in [6, 6.07) is 14.4. The molecule has 1 fully saturated rings. The van der Waals surface area contributed by atoms with E-state index in [1.54, 1.807) is 36.5 Å². The monoisotopic (exact) mass is 492 g/mol. The number of halogens is 3. The van der Waals surface area contributed by atoms with Crippen LogP contribution in [0.25, 0.3) is 0 Å². The van der Waals surface area contributed by atoms with Gasteiger partial charge in [-0.05, 0) is 67.4 Å². The summed E-state index contributed by atoms with van der Waals surface area (Å²) < 4.78 is 41.6. The highest BCUT2D eigenvalue weighted by Crippen LogP contribution is 2.34. The average molecular weight is 493 g/mol. The second-order valence-corrected chi connectivity index (χ2v) is 8.90. The number of alkyl halides is 3. The minimum absolute atomic E-state index is 0.0937. The van der Waals surface area contributed by atoms with Crippen molar-refractivity contribution in [2.24, 2.45) is 0 Å². The largest absolute Gasteiger partial charge is 0.416 e. The first-order valence-electron chi connectivity index (χ1n) is 11.6. The Hall–Kier alpha value is -3.67. The summed E-state index contributed by atoms with van der Waals surface area (Å²) in [7, 11) is 2.00. The maximum Gasteiger partial charge on any atom is 0.416 e. The van der Waals surface area contributed by atoms with E-state index >= 15 is 0 Å². The number of rotatable bonds is 4. The second kappa shape index (κ2) is 10.9. The zero-order valence-corrected chi connectivity index (χ0v) is 20.2. The number of piperazine rings is 1. The average Bonchev–Trinajstić information content (AvgIpc) is 2.85. The van der Waals surface area contributed by atoms with Gasteiger partial charge in [-0.15, -0.1) is 0 Å². The van der Waals surface area contributed by atoms with Crippen molar-refractivity contribution >= 4 is 11.6 Å². The highest BCUT2D eigenvalue weighted by Gasteiger charge is 2.34. The van der Waals surface area contributed by atoms with Crippen LogP contribution in [0.2, 0.25) is 0 Å².